The van der Waals surface area contributed by atoms with E-state index < -0.39 is 11.6 Å². The molecule has 0 spiro atoms. The second kappa shape index (κ2) is 13.3. The Labute approximate surface area is 232 Å². The standard InChI is InChI=1S/C29H31Cl2FN2O2S/c1-29(2,3)33-28(36)26(16-20-8-5-4-6-9-20)34(17-21-12-14-22(32)15-13-21)27(35)19-37-18-23-24(30)10-7-11-25(23)31/h4-15,26H,16-19H2,1-3H3,(H,33,36)/t26-/m0/s1. The number of hydrogen-bond acceptors (Lipinski definition) is 3. The largest absolute Gasteiger partial charge is 0.350 e. The minimum Gasteiger partial charge on any atom is -0.350 e. The topological polar surface area (TPSA) is 49.4 Å². The third kappa shape index (κ3) is 9.06. The van der Waals surface area contributed by atoms with Crippen molar-refractivity contribution in [2.45, 2.75) is 51.1 Å². The summed E-state index contributed by atoms with van der Waals surface area (Å²) in [4.78, 5) is 28.8. The van der Waals surface area contributed by atoms with E-state index in [4.69, 9.17) is 23.2 Å². The lowest BCUT2D eigenvalue weighted by molar-refractivity contribution is -0.140. The van der Waals surface area contributed by atoms with Gasteiger partial charge in [0.2, 0.25) is 11.8 Å². The molecule has 4 nitrogen and oxygen atoms in total. The molecule has 0 saturated carbocycles. The van der Waals surface area contributed by atoms with Crippen molar-refractivity contribution in [1.29, 1.82) is 0 Å². The average molecular weight is 562 g/mol. The zero-order valence-corrected chi connectivity index (χ0v) is 23.5. The van der Waals surface area contributed by atoms with Gasteiger partial charge < -0.3 is 10.2 Å². The van der Waals surface area contributed by atoms with E-state index in [1.165, 1.54) is 23.9 Å². The van der Waals surface area contributed by atoms with Crippen molar-refractivity contribution in [1.82, 2.24) is 10.2 Å². The summed E-state index contributed by atoms with van der Waals surface area (Å²) in [6, 6.07) is 20.1. The number of hydrogen-bond donors (Lipinski definition) is 1. The third-order valence-corrected chi connectivity index (χ3v) is 7.22. The molecule has 0 aliphatic rings. The van der Waals surface area contributed by atoms with E-state index in [9.17, 15) is 14.0 Å². The molecule has 0 aliphatic heterocycles. The van der Waals surface area contributed by atoms with Crippen LogP contribution in [0.4, 0.5) is 4.39 Å². The van der Waals surface area contributed by atoms with Crippen LogP contribution in [0.1, 0.15) is 37.5 Å². The SMILES string of the molecule is CC(C)(C)NC(=O)[C@H](Cc1ccccc1)N(Cc1ccc(F)cc1)C(=O)CSCc1c(Cl)cccc1Cl. The summed E-state index contributed by atoms with van der Waals surface area (Å²) in [6.45, 7) is 5.88. The Morgan fingerprint density at radius 1 is 0.919 bits per heavy atom. The fourth-order valence-electron chi connectivity index (χ4n) is 3.79. The van der Waals surface area contributed by atoms with Gasteiger partial charge in [-0.1, -0.05) is 71.7 Å². The summed E-state index contributed by atoms with van der Waals surface area (Å²) in [5, 5.41) is 4.12. The van der Waals surface area contributed by atoms with Crippen molar-refractivity contribution in [3.05, 3.63) is 105 Å². The van der Waals surface area contributed by atoms with E-state index in [0.29, 0.717) is 22.2 Å². The minimum absolute atomic E-state index is 0.122. The maximum absolute atomic E-state index is 13.7. The Balaban J connectivity index is 1.88. The van der Waals surface area contributed by atoms with Gasteiger partial charge in [-0.2, -0.15) is 0 Å². The first kappa shape index (κ1) is 29.0. The number of thioether (sulfide) groups is 1. The number of halogens is 3. The van der Waals surface area contributed by atoms with Crippen LogP contribution >= 0.6 is 35.0 Å². The highest BCUT2D eigenvalue weighted by Crippen LogP contribution is 2.28. The lowest BCUT2D eigenvalue weighted by Crippen LogP contribution is -2.54. The Bertz CT molecular complexity index is 1180. The van der Waals surface area contributed by atoms with Gasteiger partial charge in [-0.15, -0.1) is 11.8 Å². The number of carbonyl (C=O) groups excluding carboxylic acids is 2. The number of nitrogens with zero attached hydrogens (tertiary/aromatic N) is 1. The number of nitrogens with one attached hydrogen (secondary N) is 1. The molecule has 3 aromatic carbocycles. The molecule has 196 valence electrons. The second-order valence-corrected chi connectivity index (χ2v) is 11.6. The monoisotopic (exact) mass is 560 g/mol. The highest BCUT2D eigenvalue weighted by Gasteiger charge is 2.32. The first-order valence-electron chi connectivity index (χ1n) is 11.9. The molecular formula is C29H31Cl2FN2O2S. The van der Waals surface area contributed by atoms with E-state index in [1.807, 2.05) is 51.1 Å². The molecule has 0 aliphatic carbocycles. The molecular weight excluding hydrogens is 530 g/mol. The van der Waals surface area contributed by atoms with Crippen molar-refractivity contribution in [2.75, 3.05) is 5.75 Å². The van der Waals surface area contributed by atoms with Crippen LogP contribution in [0.5, 0.6) is 0 Å². The normalized spacial score (nSPS) is 12.2. The van der Waals surface area contributed by atoms with Gasteiger partial charge in [0, 0.05) is 34.3 Å². The first-order chi connectivity index (χ1) is 17.5. The minimum atomic E-state index is -0.760. The van der Waals surface area contributed by atoms with Gasteiger partial charge in [0.05, 0.1) is 5.75 Å². The molecule has 1 N–H and O–H groups in total. The van der Waals surface area contributed by atoms with Crippen molar-refractivity contribution in [2.24, 2.45) is 0 Å². The quantitative estimate of drug-likeness (QED) is 0.292. The molecule has 0 bridgehead atoms. The Kier molecular flexibility index (Phi) is 10.4. The maximum Gasteiger partial charge on any atom is 0.243 e. The molecule has 37 heavy (non-hydrogen) atoms. The van der Waals surface area contributed by atoms with Gasteiger partial charge in [0.1, 0.15) is 11.9 Å². The number of benzene rings is 3. The summed E-state index contributed by atoms with van der Waals surface area (Å²) in [6.07, 6.45) is 0.344. The predicted molar refractivity (Wildman–Crippen MR) is 151 cm³/mol. The molecule has 0 radical (unpaired) electrons. The van der Waals surface area contributed by atoms with Crippen LogP contribution in [-0.4, -0.2) is 34.0 Å². The van der Waals surface area contributed by atoms with Crippen molar-refractivity contribution < 1.29 is 14.0 Å². The lowest BCUT2D eigenvalue weighted by atomic mass is 10.0. The maximum atomic E-state index is 13.7. The highest BCUT2D eigenvalue weighted by molar-refractivity contribution is 7.99. The predicted octanol–water partition coefficient (Wildman–Crippen LogP) is 6.92. The van der Waals surface area contributed by atoms with E-state index in [1.54, 1.807) is 35.2 Å². The van der Waals surface area contributed by atoms with E-state index >= 15 is 0 Å². The van der Waals surface area contributed by atoms with Gasteiger partial charge in [0.15, 0.2) is 0 Å². The van der Waals surface area contributed by atoms with E-state index in [2.05, 4.69) is 5.32 Å². The summed E-state index contributed by atoms with van der Waals surface area (Å²) < 4.78 is 13.6. The molecule has 3 rings (SSSR count). The zero-order chi connectivity index (χ0) is 27.0. The van der Waals surface area contributed by atoms with Gasteiger partial charge >= 0.3 is 0 Å². The van der Waals surface area contributed by atoms with E-state index in [-0.39, 0.29) is 29.9 Å². The molecule has 2 amide bonds. The summed E-state index contributed by atoms with van der Waals surface area (Å²) in [5.41, 5.74) is 1.95. The second-order valence-electron chi connectivity index (χ2n) is 9.79. The molecule has 0 saturated heterocycles. The van der Waals surface area contributed by atoms with Crippen LogP contribution in [0.2, 0.25) is 10.0 Å². The average Bonchev–Trinajstić information content (AvgIpc) is 2.83. The number of rotatable bonds is 10. The molecule has 0 heterocycles. The Hall–Kier alpha value is -2.54. The molecule has 0 unspecified atom stereocenters. The zero-order valence-electron chi connectivity index (χ0n) is 21.1. The number of amides is 2. The van der Waals surface area contributed by atoms with Crippen molar-refractivity contribution >= 4 is 46.8 Å². The van der Waals surface area contributed by atoms with Gasteiger partial charge in [-0.3, -0.25) is 9.59 Å². The van der Waals surface area contributed by atoms with Crippen LogP contribution in [-0.2, 0) is 28.3 Å². The van der Waals surface area contributed by atoms with Gasteiger partial charge in [-0.05, 0) is 61.7 Å². The van der Waals surface area contributed by atoms with Crippen LogP contribution in [0.3, 0.4) is 0 Å². The third-order valence-electron chi connectivity index (χ3n) is 5.57. The molecule has 0 aromatic heterocycles. The lowest BCUT2D eigenvalue weighted by Gasteiger charge is -2.34. The Morgan fingerprint density at radius 2 is 1.54 bits per heavy atom. The van der Waals surface area contributed by atoms with Crippen molar-refractivity contribution in [3.63, 3.8) is 0 Å². The summed E-state index contributed by atoms with van der Waals surface area (Å²) >= 11 is 14.0. The molecule has 0 fully saturated rings. The Morgan fingerprint density at radius 3 is 2.14 bits per heavy atom. The van der Waals surface area contributed by atoms with Crippen molar-refractivity contribution in [3.8, 4) is 0 Å². The first-order valence-corrected chi connectivity index (χ1v) is 13.8. The fraction of sp³-hybridized carbons (Fsp3) is 0.310. The van der Waals surface area contributed by atoms with E-state index in [0.717, 1.165) is 16.7 Å². The van der Waals surface area contributed by atoms with Gasteiger partial charge in [-0.25, -0.2) is 4.39 Å². The van der Waals surface area contributed by atoms with Crippen LogP contribution < -0.4 is 5.32 Å². The molecule has 3 aromatic rings. The fourth-order valence-corrected chi connectivity index (χ4v) is 5.43. The molecule has 8 heteroatoms. The van der Waals surface area contributed by atoms with Gasteiger partial charge in [0.25, 0.3) is 0 Å². The summed E-state index contributed by atoms with van der Waals surface area (Å²) in [5.74, 6) is -0.239. The number of carbonyl (C=O) groups is 2. The van der Waals surface area contributed by atoms with Crippen LogP contribution in [0.15, 0.2) is 72.8 Å². The molecule has 1 atom stereocenters. The smallest absolute Gasteiger partial charge is 0.243 e. The van der Waals surface area contributed by atoms with Crippen LogP contribution in [0.25, 0.3) is 0 Å². The van der Waals surface area contributed by atoms with Crippen LogP contribution in [0, 0.1) is 5.82 Å². The summed E-state index contributed by atoms with van der Waals surface area (Å²) in [7, 11) is 0. The highest BCUT2D eigenvalue weighted by atomic mass is 35.5.